The van der Waals surface area contributed by atoms with Crippen LogP contribution in [0.1, 0.15) is 27.3 Å². The first-order valence-electron chi connectivity index (χ1n) is 10.5. The molecule has 188 valence electrons. The molecule has 0 atom stereocenters. The van der Waals surface area contributed by atoms with Gasteiger partial charge in [-0.05, 0) is 19.1 Å². The number of nitrogens with zero attached hydrogens (tertiary/aromatic N) is 5. The maximum absolute atomic E-state index is 13.4. The lowest BCUT2D eigenvalue weighted by Gasteiger charge is -2.31. The number of ether oxygens (including phenoxy) is 2. The van der Waals surface area contributed by atoms with E-state index in [1.54, 1.807) is 18.2 Å². The molecule has 36 heavy (non-hydrogen) atoms. The molecular weight excluding hydrogens is 481 g/mol. The molecule has 13 heteroatoms. The molecule has 0 amide bonds. The SMILES string of the molecule is COc1cc(NC2N=CC(c3cncc(C(=O)O)c3)(n3nc(C(F)(F)F)cc3C)C=N2)cc(OC)c1. The van der Waals surface area contributed by atoms with Crippen molar-refractivity contribution < 1.29 is 32.5 Å². The molecule has 2 N–H and O–H groups in total. The number of aromatic carboxylic acids is 1. The predicted molar refractivity (Wildman–Crippen MR) is 124 cm³/mol. The number of benzene rings is 1. The molecule has 0 radical (unpaired) electrons. The van der Waals surface area contributed by atoms with E-state index in [4.69, 9.17) is 9.47 Å². The van der Waals surface area contributed by atoms with Crippen LogP contribution in [0.15, 0.2) is 52.7 Å². The standard InChI is InChI=1S/C23H21F3N6O4/c1-13-4-19(23(24,25)26)31-32(13)22(15-5-14(20(33)34)9-27-10-15)11-28-21(29-12-22)30-16-6-17(35-2)8-18(7-16)36-3/h4-12,21,30H,1-3H3,(H,33,34). The van der Waals surface area contributed by atoms with Crippen LogP contribution in [0.3, 0.4) is 0 Å². The highest BCUT2D eigenvalue weighted by molar-refractivity contribution is 5.98. The van der Waals surface area contributed by atoms with E-state index < -0.39 is 29.7 Å². The van der Waals surface area contributed by atoms with Crippen molar-refractivity contribution in [1.29, 1.82) is 0 Å². The number of anilines is 1. The zero-order valence-corrected chi connectivity index (χ0v) is 19.3. The summed E-state index contributed by atoms with van der Waals surface area (Å²) in [5.41, 5.74) is -1.87. The van der Waals surface area contributed by atoms with Gasteiger partial charge >= 0.3 is 12.1 Å². The summed E-state index contributed by atoms with van der Waals surface area (Å²) in [6.07, 6.45) is -0.344. The van der Waals surface area contributed by atoms with E-state index in [9.17, 15) is 23.1 Å². The van der Waals surface area contributed by atoms with E-state index in [0.717, 1.165) is 16.9 Å². The number of alkyl halides is 3. The second-order valence-electron chi connectivity index (χ2n) is 7.85. The number of carboxylic acids is 1. The normalized spacial score (nSPS) is 19.2. The Morgan fingerprint density at radius 1 is 1.06 bits per heavy atom. The van der Waals surface area contributed by atoms with Crippen molar-refractivity contribution in [3.63, 3.8) is 0 Å². The summed E-state index contributed by atoms with van der Waals surface area (Å²) < 4.78 is 51.8. The quantitative estimate of drug-likeness (QED) is 0.506. The number of nitrogens with one attached hydrogen (secondary N) is 1. The lowest BCUT2D eigenvalue weighted by molar-refractivity contribution is -0.141. The highest BCUT2D eigenvalue weighted by Crippen LogP contribution is 2.33. The largest absolute Gasteiger partial charge is 0.497 e. The number of halogens is 3. The number of hydrogen-bond donors (Lipinski definition) is 2. The van der Waals surface area contributed by atoms with Crippen molar-refractivity contribution in [2.75, 3.05) is 19.5 Å². The van der Waals surface area contributed by atoms with E-state index >= 15 is 0 Å². The third-order valence-electron chi connectivity index (χ3n) is 5.45. The van der Waals surface area contributed by atoms with Gasteiger partial charge in [-0.3, -0.25) is 4.98 Å². The van der Waals surface area contributed by atoms with Crippen molar-refractivity contribution in [1.82, 2.24) is 14.8 Å². The molecule has 0 aliphatic carbocycles. The van der Waals surface area contributed by atoms with Crippen LogP contribution in [0.4, 0.5) is 18.9 Å². The number of carboxylic acid groups (broad SMARTS) is 1. The maximum atomic E-state index is 13.4. The van der Waals surface area contributed by atoms with Crippen LogP contribution >= 0.6 is 0 Å². The Morgan fingerprint density at radius 2 is 1.69 bits per heavy atom. The van der Waals surface area contributed by atoms with Crippen molar-refractivity contribution in [2.24, 2.45) is 9.98 Å². The van der Waals surface area contributed by atoms with Gasteiger partial charge in [-0.25, -0.2) is 19.5 Å². The average molecular weight is 502 g/mol. The van der Waals surface area contributed by atoms with Gasteiger partial charge in [0, 0.05) is 60.0 Å². The van der Waals surface area contributed by atoms with Gasteiger partial charge < -0.3 is 19.9 Å². The summed E-state index contributed by atoms with van der Waals surface area (Å²) in [4.78, 5) is 24.3. The molecule has 10 nitrogen and oxygen atoms in total. The van der Waals surface area contributed by atoms with Gasteiger partial charge in [0.1, 0.15) is 11.5 Å². The minimum Gasteiger partial charge on any atom is -0.497 e. The van der Waals surface area contributed by atoms with E-state index in [0.29, 0.717) is 17.2 Å². The van der Waals surface area contributed by atoms with Crippen LogP contribution in [0, 0.1) is 6.92 Å². The molecule has 0 spiro atoms. The molecule has 0 fully saturated rings. The maximum Gasteiger partial charge on any atom is 0.435 e. The lowest BCUT2D eigenvalue weighted by Crippen LogP contribution is -2.44. The smallest absolute Gasteiger partial charge is 0.435 e. The molecule has 1 aliphatic rings. The van der Waals surface area contributed by atoms with Crippen LogP contribution < -0.4 is 14.8 Å². The van der Waals surface area contributed by atoms with E-state index in [-0.39, 0.29) is 16.8 Å². The van der Waals surface area contributed by atoms with Crippen LogP contribution in [-0.2, 0) is 11.7 Å². The average Bonchev–Trinajstić information content (AvgIpc) is 3.27. The Hall–Kier alpha value is -4.42. The van der Waals surface area contributed by atoms with E-state index in [1.165, 1.54) is 45.8 Å². The fourth-order valence-electron chi connectivity index (χ4n) is 3.70. The Kier molecular flexibility index (Phi) is 6.39. The molecule has 4 rings (SSSR count). The van der Waals surface area contributed by atoms with Crippen LogP contribution in [0.5, 0.6) is 11.5 Å². The highest BCUT2D eigenvalue weighted by Gasteiger charge is 2.41. The molecule has 3 aromatic rings. The Balaban J connectivity index is 1.76. The van der Waals surface area contributed by atoms with Gasteiger partial charge in [0.15, 0.2) is 11.2 Å². The minimum absolute atomic E-state index is 0.154. The third-order valence-corrected chi connectivity index (χ3v) is 5.45. The van der Waals surface area contributed by atoms with E-state index in [2.05, 4.69) is 25.4 Å². The number of aromatic nitrogens is 3. The van der Waals surface area contributed by atoms with Crippen LogP contribution in [0.25, 0.3) is 0 Å². The lowest BCUT2D eigenvalue weighted by atomic mass is 9.91. The molecule has 2 aromatic heterocycles. The predicted octanol–water partition coefficient (Wildman–Crippen LogP) is 3.62. The topological polar surface area (TPSA) is 123 Å². The summed E-state index contributed by atoms with van der Waals surface area (Å²) in [6, 6.07) is 7.27. The minimum atomic E-state index is -4.68. The summed E-state index contributed by atoms with van der Waals surface area (Å²) in [5.74, 6) is -0.194. The number of rotatable bonds is 7. The molecule has 3 heterocycles. The first-order valence-corrected chi connectivity index (χ1v) is 10.5. The molecule has 0 unspecified atom stereocenters. The Bertz CT molecular complexity index is 1320. The Labute approximate surface area is 203 Å². The number of carbonyl (C=O) groups is 1. The first-order chi connectivity index (χ1) is 17.1. The molecule has 0 saturated heterocycles. The summed E-state index contributed by atoms with van der Waals surface area (Å²) in [7, 11) is 3.01. The van der Waals surface area contributed by atoms with Crippen molar-refractivity contribution >= 4 is 24.1 Å². The first kappa shape index (κ1) is 24.7. The van der Waals surface area contributed by atoms with Crippen molar-refractivity contribution in [3.8, 4) is 11.5 Å². The number of hydrogen-bond acceptors (Lipinski definition) is 8. The summed E-state index contributed by atoms with van der Waals surface area (Å²) >= 11 is 0. The highest BCUT2D eigenvalue weighted by atomic mass is 19.4. The van der Waals surface area contributed by atoms with E-state index in [1.807, 2.05) is 0 Å². The Morgan fingerprint density at radius 3 is 2.22 bits per heavy atom. The van der Waals surface area contributed by atoms with Gasteiger partial charge in [-0.2, -0.15) is 18.3 Å². The van der Waals surface area contributed by atoms with Crippen molar-refractivity contribution in [2.45, 2.75) is 24.9 Å². The fourth-order valence-corrected chi connectivity index (χ4v) is 3.70. The molecular formula is C23H21F3N6O4. The zero-order chi connectivity index (χ0) is 26.1. The second-order valence-corrected chi connectivity index (χ2v) is 7.85. The van der Waals surface area contributed by atoms with Gasteiger partial charge in [0.2, 0.25) is 6.29 Å². The van der Waals surface area contributed by atoms with Gasteiger partial charge in [-0.1, -0.05) is 0 Å². The molecule has 0 bridgehead atoms. The molecule has 1 aliphatic heterocycles. The van der Waals surface area contributed by atoms with Crippen molar-refractivity contribution in [3.05, 3.63) is 65.2 Å². The number of aryl methyl sites for hydroxylation is 1. The molecule has 0 saturated carbocycles. The van der Waals surface area contributed by atoms with Gasteiger partial charge in [0.25, 0.3) is 0 Å². The number of methoxy groups -OCH3 is 2. The molecule has 1 aromatic carbocycles. The van der Waals surface area contributed by atoms with Crippen LogP contribution in [0.2, 0.25) is 0 Å². The monoisotopic (exact) mass is 502 g/mol. The fraction of sp³-hybridized carbons (Fsp3) is 0.261. The third kappa shape index (κ3) is 4.72. The second kappa shape index (κ2) is 9.32. The zero-order valence-electron chi connectivity index (χ0n) is 19.3. The number of aliphatic imine (C=N–C) groups is 2. The van der Waals surface area contributed by atoms with Gasteiger partial charge in [0.05, 0.1) is 19.8 Å². The van der Waals surface area contributed by atoms with Crippen LogP contribution in [-0.4, -0.2) is 58.8 Å². The summed E-state index contributed by atoms with van der Waals surface area (Å²) in [6.45, 7) is 1.45. The summed E-state index contributed by atoms with van der Waals surface area (Å²) in [5, 5.41) is 16.2. The number of pyridine rings is 1. The van der Waals surface area contributed by atoms with Gasteiger partial charge in [-0.15, -0.1) is 0 Å².